The summed E-state index contributed by atoms with van der Waals surface area (Å²) in [4.78, 5) is 2.82. The first-order valence-corrected chi connectivity index (χ1v) is 6.83. The van der Waals surface area contributed by atoms with Crippen molar-refractivity contribution in [2.24, 2.45) is 17.8 Å². The molecule has 2 atom stereocenters. The molecule has 2 rings (SSSR count). The normalized spacial score (nSPS) is 36.8. The summed E-state index contributed by atoms with van der Waals surface area (Å²) >= 11 is 0. The fourth-order valence-corrected chi connectivity index (χ4v) is 3.58. The molecule has 2 bridgehead atoms. The van der Waals surface area contributed by atoms with Crippen LogP contribution < -0.4 is 0 Å². The molecule has 2 unspecified atom stereocenters. The van der Waals surface area contributed by atoms with Gasteiger partial charge in [-0.1, -0.05) is 27.7 Å². The van der Waals surface area contributed by atoms with E-state index in [-0.39, 0.29) is 0 Å². The summed E-state index contributed by atoms with van der Waals surface area (Å²) in [6, 6.07) is 1.86. The molecule has 0 saturated carbocycles. The van der Waals surface area contributed by atoms with Crippen LogP contribution in [-0.2, 0) is 0 Å². The third-order valence-corrected chi connectivity index (χ3v) is 4.44. The summed E-state index contributed by atoms with van der Waals surface area (Å²) in [6.07, 6.45) is 5.89. The van der Waals surface area contributed by atoms with Gasteiger partial charge in [0.15, 0.2) is 0 Å². The second-order valence-electron chi connectivity index (χ2n) is 6.45. The lowest BCUT2D eigenvalue weighted by atomic mass is 9.82. The Hall–Kier alpha value is -0.0400. The van der Waals surface area contributed by atoms with Gasteiger partial charge in [0.05, 0.1) is 0 Å². The first kappa shape index (κ1) is 11.4. The van der Waals surface area contributed by atoms with Gasteiger partial charge in [0.1, 0.15) is 0 Å². The summed E-state index contributed by atoms with van der Waals surface area (Å²) in [5.41, 5.74) is 0. The average Bonchev–Trinajstić information content (AvgIpc) is 2.40. The molecule has 1 heteroatoms. The molecule has 0 spiro atoms. The maximum absolute atomic E-state index is 2.82. The number of piperidine rings is 1. The number of fused-ring (bicyclic) bond motifs is 2. The average molecular weight is 209 g/mol. The van der Waals surface area contributed by atoms with Crippen molar-refractivity contribution < 1.29 is 0 Å². The molecule has 0 N–H and O–H groups in total. The largest absolute Gasteiger partial charge is 0.297 e. The highest BCUT2D eigenvalue weighted by Gasteiger charge is 2.41. The molecule has 2 fully saturated rings. The standard InChI is InChI=1S/C14H27N/c1-10(2)9-15-13-5-6-14(15)8-12(7-13)11(3)4/h10-14H,5-9H2,1-4H3. The molecule has 0 radical (unpaired) electrons. The SMILES string of the molecule is CC(C)CN1C2CCC1CC(C(C)C)C2. The molecule has 2 aliphatic rings. The monoisotopic (exact) mass is 209 g/mol. The lowest BCUT2D eigenvalue weighted by Gasteiger charge is -2.41. The predicted molar refractivity (Wildman–Crippen MR) is 65.9 cm³/mol. The zero-order valence-corrected chi connectivity index (χ0v) is 10.9. The molecule has 0 aromatic rings. The summed E-state index contributed by atoms with van der Waals surface area (Å²) in [5, 5.41) is 0. The van der Waals surface area contributed by atoms with E-state index in [1.54, 1.807) is 0 Å². The fourth-order valence-electron chi connectivity index (χ4n) is 3.58. The van der Waals surface area contributed by atoms with Gasteiger partial charge < -0.3 is 0 Å². The van der Waals surface area contributed by atoms with Crippen LogP contribution in [0.1, 0.15) is 53.4 Å². The van der Waals surface area contributed by atoms with Gasteiger partial charge in [-0.2, -0.15) is 0 Å². The first-order valence-electron chi connectivity index (χ1n) is 6.83. The predicted octanol–water partition coefficient (Wildman–Crippen LogP) is 3.54. The molecular formula is C14H27N. The van der Waals surface area contributed by atoms with Crippen molar-refractivity contribution in [3.63, 3.8) is 0 Å². The Morgan fingerprint density at radius 3 is 1.93 bits per heavy atom. The third kappa shape index (κ3) is 2.38. The number of hydrogen-bond donors (Lipinski definition) is 0. The quantitative estimate of drug-likeness (QED) is 0.687. The number of hydrogen-bond acceptors (Lipinski definition) is 1. The van der Waals surface area contributed by atoms with Crippen LogP contribution in [-0.4, -0.2) is 23.5 Å². The third-order valence-electron chi connectivity index (χ3n) is 4.44. The Bertz CT molecular complexity index is 195. The van der Waals surface area contributed by atoms with Crippen molar-refractivity contribution in [1.82, 2.24) is 4.90 Å². The molecule has 2 saturated heterocycles. The first-order chi connectivity index (χ1) is 7.08. The summed E-state index contributed by atoms with van der Waals surface area (Å²) in [5.74, 6) is 2.74. The maximum atomic E-state index is 2.82. The van der Waals surface area contributed by atoms with E-state index in [2.05, 4.69) is 32.6 Å². The Labute approximate surface area is 95.2 Å². The van der Waals surface area contributed by atoms with Gasteiger partial charge in [-0.3, -0.25) is 4.90 Å². The van der Waals surface area contributed by atoms with Gasteiger partial charge >= 0.3 is 0 Å². The van der Waals surface area contributed by atoms with Crippen molar-refractivity contribution in [3.8, 4) is 0 Å². The van der Waals surface area contributed by atoms with Crippen molar-refractivity contribution >= 4 is 0 Å². The van der Waals surface area contributed by atoms with E-state index in [9.17, 15) is 0 Å². The van der Waals surface area contributed by atoms with Gasteiger partial charge in [0.25, 0.3) is 0 Å². The van der Waals surface area contributed by atoms with E-state index in [4.69, 9.17) is 0 Å². The summed E-state index contributed by atoms with van der Waals surface area (Å²) in [6.45, 7) is 10.9. The number of nitrogens with zero attached hydrogens (tertiary/aromatic N) is 1. The van der Waals surface area contributed by atoms with Crippen LogP contribution in [0, 0.1) is 17.8 Å². The van der Waals surface area contributed by atoms with Gasteiger partial charge in [0.2, 0.25) is 0 Å². The van der Waals surface area contributed by atoms with E-state index in [1.807, 2.05) is 0 Å². The van der Waals surface area contributed by atoms with Crippen LogP contribution in [0.5, 0.6) is 0 Å². The number of rotatable bonds is 3. The lowest BCUT2D eigenvalue weighted by Crippen LogP contribution is -2.45. The van der Waals surface area contributed by atoms with Gasteiger partial charge in [0, 0.05) is 18.6 Å². The minimum absolute atomic E-state index is 0.837. The van der Waals surface area contributed by atoms with Gasteiger partial charge in [-0.25, -0.2) is 0 Å². The van der Waals surface area contributed by atoms with Crippen LogP contribution in [0.2, 0.25) is 0 Å². The van der Waals surface area contributed by atoms with Crippen molar-refractivity contribution in [2.45, 2.75) is 65.5 Å². The van der Waals surface area contributed by atoms with Crippen LogP contribution >= 0.6 is 0 Å². The van der Waals surface area contributed by atoms with Gasteiger partial charge in [-0.05, 0) is 43.4 Å². The lowest BCUT2D eigenvalue weighted by molar-refractivity contribution is 0.0748. The molecule has 2 heterocycles. The summed E-state index contributed by atoms with van der Waals surface area (Å²) in [7, 11) is 0. The molecule has 15 heavy (non-hydrogen) atoms. The topological polar surface area (TPSA) is 3.24 Å². The highest BCUT2D eigenvalue weighted by Crippen LogP contribution is 2.41. The Morgan fingerprint density at radius 2 is 1.53 bits per heavy atom. The highest BCUT2D eigenvalue weighted by atomic mass is 15.2. The molecule has 1 nitrogen and oxygen atoms in total. The molecule has 0 aromatic heterocycles. The Morgan fingerprint density at radius 1 is 1.00 bits per heavy atom. The van der Waals surface area contributed by atoms with Crippen LogP contribution in [0.25, 0.3) is 0 Å². The van der Waals surface area contributed by atoms with E-state index < -0.39 is 0 Å². The van der Waals surface area contributed by atoms with Crippen LogP contribution in [0.3, 0.4) is 0 Å². The van der Waals surface area contributed by atoms with Crippen molar-refractivity contribution in [3.05, 3.63) is 0 Å². The minimum Gasteiger partial charge on any atom is -0.297 e. The molecule has 2 aliphatic heterocycles. The smallest absolute Gasteiger partial charge is 0.0102 e. The van der Waals surface area contributed by atoms with E-state index in [0.717, 1.165) is 29.8 Å². The highest BCUT2D eigenvalue weighted by molar-refractivity contribution is 4.95. The fraction of sp³-hybridized carbons (Fsp3) is 1.00. The maximum Gasteiger partial charge on any atom is 0.0102 e. The molecule has 0 amide bonds. The van der Waals surface area contributed by atoms with Crippen molar-refractivity contribution in [1.29, 1.82) is 0 Å². The van der Waals surface area contributed by atoms with Crippen LogP contribution in [0.4, 0.5) is 0 Å². The summed E-state index contributed by atoms with van der Waals surface area (Å²) < 4.78 is 0. The van der Waals surface area contributed by atoms with E-state index in [1.165, 1.54) is 32.2 Å². The molecular weight excluding hydrogens is 182 g/mol. The second kappa shape index (κ2) is 4.45. The molecule has 0 aromatic carbocycles. The Balaban J connectivity index is 1.97. The van der Waals surface area contributed by atoms with Crippen LogP contribution in [0.15, 0.2) is 0 Å². The zero-order valence-electron chi connectivity index (χ0n) is 10.9. The van der Waals surface area contributed by atoms with E-state index >= 15 is 0 Å². The second-order valence-corrected chi connectivity index (χ2v) is 6.45. The zero-order chi connectivity index (χ0) is 11.0. The molecule has 0 aliphatic carbocycles. The molecule has 88 valence electrons. The minimum atomic E-state index is 0.837. The van der Waals surface area contributed by atoms with Crippen molar-refractivity contribution in [2.75, 3.05) is 6.54 Å². The van der Waals surface area contributed by atoms with Gasteiger partial charge in [-0.15, -0.1) is 0 Å². The van der Waals surface area contributed by atoms with E-state index in [0.29, 0.717) is 0 Å². The Kier molecular flexibility index (Phi) is 3.39.